The van der Waals surface area contributed by atoms with Gasteiger partial charge < -0.3 is 4.90 Å². The Balaban J connectivity index is 1.94. The van der Waals surface area contributed by atoms with Crippen molar-refractivity contribution in [1.82, 2.24) is 9.27 Å². The van der Waals surface area contributed by atoms with Gasteiger partial charge in [0, 0.05) is 25.2 Å². The van der Waals surface area contributed by atoms with Crippen LogP contribution in [0.2, 0.25) is 0 Å². The molecule has 1 aromatic carbocycles. The van der Waals surface area contributed by atoms with Gasteiger partial charge in [0.25, 0.3) is 0 Å². The maximum atomic E-state index is 12.9. The fraction of sp³-hybridized carbons (Fsp3) is 0.375. The summed E-state index contributed by atoms with van der Waals surface area (Å²) in [5.41, 5.74) is 1.56. The Morgan fingerprint density at radius 1 is 1.32 bits per heavy atom. The van der Waals surface area contributed by atoms with Crippen LogP contribution in [0.4, 0.5) is 14.2 Å². The van der Waals surface area contributed by atoms with Crippen LogP contribution < -0.4 is 5.32 Å². The average Bonchev–Trinajstić information content (AvgIpc) is 2.96. The van der Waals surface area contributed by atoms with E-state index in [9.17, 15) is 9.18 Å². The topological polar surface area (TPSA) is 45.2 Å². The van der Waals surface area contributed by atoms with Crippen molar-refractivity contribution in [2.75, 3.05) is 18.9 Å². The number of halogens is 1. The van der Waals surface area contributed by atoms with Gasteiger partial charge in [0.15, 0.2) is 0 Å². The molecule has 0 saturated heterocycles. The first kappa shape index (κ1) is 16.4. The number of benzene rings is 1. The van der Waals surface area contributed by atoms with Gasteiger partial charge in [0.2, 0.25) is 0 Å². The van der Waals surface area contributed by atoms with Crippen molar-refractivity contribution >= 4 is 22.6 Å². The number of carbonyl (C=O) groups is 1. The minimum atomic E-state index is -0.277. The molecule has 1 heterocycles. The number of nitrogens with zero attached hydrogens (tertiary/aromatic N) is 2. The summed E-state index contributed by atoms with van der Waals surface area (Å²) in [4.78, 5) is 13.7. The lowest BCUT2D eigenvalue weighted by molar-refractivity contribution is 0.221. The number of hydrogen-bond acceptors (Lipinski definition) is 3. The van der Waals surface area contributed by atoms with Crippen molar-refractivity contribution in [1.29, 1.82) is 0 Å². The zero-order valence-electron chi connectivity index (χ0n) is 12.8. The Hall–Kier alpha value is -1.95. The minimum Gasteiger partial charge on any atom is -0.328 e. The van der Waals surface area contributed by atoms with Gasteiger partial charge in [0.1, 0.15) is 10.8 Å². The highest BCUT2D eigenvalue weighted by Gasteiger charge is 2.11. The fourth-order valence-corrected chi connectivity index (χ4v) is 2.64. The van der Waals surface area contributed by atoms with E-state index in [0.717, 1.165) is 37.1 Å². The number of urea groups is 1. The lowest BCUT2D eigenvalue weighted by Crippen LogP contribution is -2.31. The zero-order chi connectivity index (χ0) is 15.9. The third-order valence-electron chi connectivity index (χ3n) is 3.32. The number of hydrogen-bond donors (Lipinski definition) is 1. The van der Waals surface area contributed by atoms with Crippen LogP contribution in [0.25, 0.3) is 11.3 Å². The smallest absolute Gasteiger partial charge is 0.322 e. The third-order valence-corrected chi connectivity index (χ3v) is 4.03. The molecule has 0 aliphatic carbocycles. The number of amides is 2. The van der Waals surface area contributed by atoms with Gasteiger partial charge in [-0.15, -0.1) is 0 Å². The van der Waals surface area contributed by atoms with E-state index in [4.69, 9.17) is 0 Å². The maximum Gasteiger partial charge on any atom is 0.322 e. The molecule has 1 N–H and O–H groups in total. The van der Waals surface area contributed by atoms with Crippen LogP contribution >= 0.6 is 11.5 Å². The van der Waals surface area contributed by atoms with Gasteiger partial charge >= 0.3 is 6.03 Å². The largest absolute Gasteiger partial charge is 0.328 e. The van der Waals surface area contributed by atoms with Crippen LogP contribution in [0.1, 0.15) is 26.2 Å². The monoisotopic (exact) mass is 321 g/mol. The summed E-state index contributed by atoms with van der Waals surface area (Å²) in [5.74, 6) is -0.277. The third kappa shape index (κ3) is 4.53. The van der Waals surface area contributed by atoms with Crippen molar-refractivity contribution in [2.24, 2.45) is 0 Å². The van der Waals surface area contributed by atoms with Crippen LogP contribution in [-0.4, -0.2) is 28.9 Å². The Morgan fingerprint density at radius 3 is 2.73 bits per heavy atom. The summed E-state index contributed by atoms with van der Waals surface area (Å²) in [6, 6.07) is 7.81. The summed E-state index contributed by atoms with van der Waals surface area (Å²) < 4.78 is 17.2. The summed E-state index contributed by atoms with van der Waals surface area (Å²) in [7, 11) is 1.78. The second-order valence-corrected chi connectivity index (χ2v) is 5.95. The number of aromatic nitrogens is 1. The van der Waals surface area contributed by atoms with Crippen LogP contribution in [0.3, 0.4) is 0 Å². The highest BCUT2D eigenvalue weighted by Crippen LogP contribution is 2.25. The van der Waals surface area contributed by atoms with Crippen LogP contribution in [0, 0.1) is 5.82 Å². The molecule has 22 heavy (non-hydrogen) atoms. The zero-order valence-corrected chi connectivity index (χ0v) is 13.6. The molecule has 0 spiro atoms. The average molecular weight is 321 g/mol. The van der Waals surface area contributed by atoms with Crippen molar-refractivity contribution < 1.29 is 9.18 Å². The highest BCUT2D eigenvalue weighted by molar-refractivity contribution is 7.10. The van der Waals surface area contributed by atoms with E-state index in [1.165, 1.54) is 23.7 Å². The normalized spacial score (nSPS) is 10.5. The fourth-order valence-electron chi connectivity index (χ4n) is 1.99. The van der Waals surface area contributed by atoms with Gasteiger partial charge in [0.05, 0.1) is 5.69 Å². The van der Waals surface area contributed by atoms with E-state index >= 15 is 0 Å². The van der Waals surface area contributed by atoms with Crippen molar-refractivity contribution in [3.8, 4) is 11.3 Å². The maximum absolute atomic E-state index is 12.9. The van der Waals surface area contributed by atoms with Crippen LogP contribution in [0.15, 0.2) is 30.3 Å². The molecule has 0 fully saturated rings. The number of rotatable bonds is 6. The molecule has 1 aromatic heterocycles. The second-order valence-electron chi connectivity index (χ2n) is 5.14. The molecule has 2 aromatic rings. The number of carbonyl (C=O) groups excluding carboxylic acids is 1. The second kappa shape index (κ2) is 7.89. The van der Waals surface area contributed by atoms with Gasteiger partial charge in [-0.3, -0.25) is 5.32 Å². The van der Waals surface area contributed by atoms with E-state index in [2.05, 4.69) is 16.6 Å². The summed E-state index contributed by atoms with van der Waals surface area (Å²) in [6.45, 7) is 2.87. The van der Waals surface area contributed by atoms with E-state index in [1.807, 2.05) is 0 Å². The Kier molecular flexibility index (Phi) is 5.89. The Bertz CT molecular complexity index is 612. The quantitative estimate of drug-likeness (QED) is 0.790. The molecule has 0 radical (unpaired) electrons. The molecule has 2 rings (SSSR count). The molecular weight excluding hydrogens is 301 g/mol. The molecule has 0 unspecified atom stereocenters. The minimum absolute atomic E-state index is 0.134. The Labute approximate surface area is 134 Å². The van der Waals surface area contributed by atoms with E-state index in [-0.39, 0.29) is 11.8 Å². The molecule has 0 aliphatic rings. The van der Waals surface area contributed by atoms with E-state index in [1.54, 1.807) is 30.1 Å². The van der Waals surface area contributed by atoms with Gasteiger partial charge in [-0.05, 0) is 42.2 Å². The van der Waals surface area contributed by atoms with E-state index < -0.39 is 0 Å². The molecule has 0 atom stereocenters. The number of nitrogens with one attached hydrogen (secondary N) is 1. The van der Waals surface area contributed by atoms with Crippen LogP contribution in [0.5, 0.6) is 0 Å². The van der Waals surface area contributed by atoms with Gasteiger partial charge in [-0.25, -0.2) is 9.18 Å². The number of anilines is 1. The molecule has 6 heteroatoms. The molecule has 0 aliphatic heterocycles. The lowest BCUT2D eigenvalue weighted by Gasteiger charge is -2.16. The molecule has 0 bridgehead atoms. The van der Waals surface area contributed by atoms with Crippen molar-refractivity contribution in [3.63, 3.8) is 0 Å². The van der Waals surface area contributed by atoms with Crippen molar-refractivity contribution in [3.05, 3.63) is 36.1 Å². The van der Waals surface area contributed by atoms with E-state index in [0.29, 0.717) is 5.00 Å². The predicted octanol–water partition coefficient (Wildman–Crippen LogP) is 4.60. The lowest BCUT2D eigenvalue weighted by atomic mass is 10.1. The first-order valence-corrected chi connectivity index (χ1v) is 8.12. The molecule has 118 valence electrons. The van der Waals surface area contributed by atoms with Crippen LogP contribution in [-0.2, 0) is 0 Å². The summed E-state index contributed by atoms with van der Waals surface area (Å²) in [6.07, 6.45) is 3.25. The Morgan fingerprint density at radius 2 is 2.05 bits per heavy atom. The molecule has 0 saturated carbocycles. The SMILES string of the molecule is CCCCCN(C)C(=O)Nc1cc(-c2ccc(F)cc2)ns1. The molecule has 4 nitrogen and oxygen atoms in total. The summed E-state index contributed by atoms with van der Waals surface area (Å²) >= 11 is 1.22. The number of unbranched alkanes of at least 4 members (excludes halogenated alkanes) is 2. The molecule has 2 amide bonds. The first-order chi connectivity index (χ1) is 10.6. The van der Waals surface area contributed by atoms with Crippen molar-refractivity contribution in [2.45, 2.75) is 26.2 Å². The predicted molar refractivity (Wildman–Crippen MR) is 88.7 cm³/mol. The molecular formula is C16H20FN3OS. The summed E-state index contributed by atoms with van der Waals surface area (Å²) in [5, 5.41) is 3.53. The van der Waals surface area contributed by atoms with Gasteiger partial charge in [-0.1, -0.05) is 19.8 Å². The van der Waals surface area contributed by atoms with Gasteiger partial charge in [-0.2, -0.15) is 4.37 Å². The standard InChI is InChI=1S/C16H20FN3OS/c1-3-4-5-10-20(2)16(21)18-15-11-14(19-22-15)12-6-8-13(17)9-7-12/h6-9,11H,3-5,10H2,1-2H3,(H,18,21). The highest BCUT2D eigenvalue weighted by atomic mass is 32.1. The first-order valence-electron chi connectivity index (χ1n) is 7.35.